The van der Waals surface area contributed by atoms with E-state index in [4.69, 9.17) is 16.3 Å². The number of hydrogen-bond acceptors (Lipinski definition) is 6. The standard InChI is InChI=1S/C11H17ClN4O3/c1-3-4-5-6-13-11-9(16(17)18)10(12)14-8(15-11)7-19-2/h3-7H2,1-2H3,(H,13,14,15). The molecule has 0 aliphatic carbocycles. The van der Waals surface area contributed by atoms with Crippen LogP contribution in [0.4, 0.5) is 11.5 Å². The Hall–Kier alpha value is -1.47. The molecule has 1 N–H and O–H groups in total. The predicted octanol–water partition coefficient (Wildman–Crippen LogP) is 2.79. The minimum absolute atomic E-state index is 0.146. The average Bonchev–Trinajstić information content (AvgIpc) is 2.34. The van der Waals surface area contributed by atoms with E-state index >= 15 is 0 Å². The number of methoxy groups -OCH3 is 1. The third-order valence-electron chi connectivity index (χ3n) is 2.42. The largest absolute Gasteiger partial charge is 0.377 e. The maximum absolute atomic E-state index is 11.0. The molecule has 106 valence electrons. The lowest BCUT2D eigenvalue weighted by Gasteiger charge is -2.08. The SMILES string of the molecule is CCCCCNc1nc(COC)nc(Cl)c1[N+](=O)[O-]. The highest BCUT2D eigenvalue weighted by Crippen LogP contribution is 2.29. The quantitative estimate of drug-likeness (QED) is 0.342. The second-order valence-corrected chi connectivity index (χ2v) is 4.31. The topological polar surface area (TPSA) is 90.2 Å². The summed E-state index contributed by atoms with van der Waals surface area (Å²) in [5.41, 5.74) is -0.294. The molecule has 0 bridgehead atoms. The minimum atomic E-state index is -0.582. The fourth-order valence-electron chi connectivity index (χ4n) is 1.53. The Balaban J connectivity index is 2.92. The summed E-state index contributed by atoms with van der Waals surface area (Å²) in [6, 6.07) is 0. The third kappa shape index (κ3) is 4.60. The average molecular weight is 289 g/mol. The van der Waals surface area contributed by atoms with E-state index in [0.29, 0.717) is 12.4 Å². The van der Waals surface area contributed by atoms with E-state index in [1.54, 1.807) is 0 Å². The van der Waals surface area contributed by atoms with Crippen molar-refractivity contribution in [2.75, 3.05) is 19.0 Å². The van der Waals surface area contributed by atoms with Gasteiger partial charge in [-0.2, -0.15) is 0 Å². The molecular formula is C11H17ClN4O3. The minimum Gasteiger partial charge on any atom is -0.377 e. The van der Waals surface area contributed by atoms with Gasteiger partial charge in [-0.05, 0) is 6.42 Å². The predicted molar refractivity (Wildman–Crippen MR) is 72.4 cm³/mol. The lowest BCUT2D eigenvalue weighted by atomic mass is 10.2. The molecule has 0 unspecified atom stereocenters. The van der Waals surface area contributed by atoms with Gasteiger partial charge in [0.2, 0.25) is 11.0 Å². The first-order valence-corrected chi connectivity index (χ1v) is 6.41. The normalized spacial score (nSPS) is 10.5. The van der Waals surface area contributed by atoms with E-state index in [9.17, 15) is 10.1 Å². The fraction of sp³-hybridized carbons (Fsp3) is 0.636. The lowest BCUT2D eigenvalue weighted by molar-refractivity contribution is -0.384. The van der Waals surface area contributed by atoms with Crippen molar-refractivity contribution in [2.45, 2.75) is 32.8 Å². The Bertz CT molecular complexity index is 442. The Kier molecular flexibility index (Phi) is 6.44. The van der Waals surface area contributed by atoms with Crippen molar-refractivity contribution in [3.63, 3.8) is 0 Å². The van der Waals surface area contributed by atoms with Gasteiger partial charge in [-0.15, -0.1) is 0 Å². The molecule has 19 heavy (non-hydrogen) atoms. The van der Waals surface area contributed by atoms with Crippen LogP contribution in [0.15, 0.2) is 0 Å². The molecule has 0 saturated heterocycles. The molecule has 0 radical (unpaired) electrons. The van der Waals surface area contributed by atoms with Gasteiger partial charge < -0.3 is 10.1 Å². The van der Waals surface area contributed by atoms with Crippen LogP contribution in [0.1, 0.15) is 32.0 Å². The van der Waals surface area contributed by atoms with Crippen molar-refractivity contribution in [3.05, 3.63) is 21.1 Å². The van der Waals surface area contributed by atoms with E-state index < -0.39 is 4.92 Å². The molecule has 7 nitrogen and oxygen atoms in total. The van der Waals surface area contributed by atoms with Gasteiger partial charge in [0.15, 0.2) is 5.82 Å². The summed E-state index contributed by atoms with van der Waals surface area (Å²) in [5, 5.41) is 13.7. The number of ether oxygens (including phenoxy) is 1. The van der Waals surface area contributed by atoms with Crippen molar-refractivity contribution in [1.29, 1.82) is 0 Å². The highest BCUT2D eigenvalue weighted by Gasteiger charge is 2.23. The van der Waals surface area contributed by atoms with Crippen molar-refractivity contribution in [2.24, 2.45) is 0 Å². The molecule has 1 aromatic rings. The van der Waals surface area contributed by atoms with Gasteiger partial charge in [0.05, 0.1) is 4.92 Å². The summed E-state index contributed by atoms with van der Waals surface area (Å²) in [6.07, 6.45) is 3.03. The number of anilines is 1. The Labute approximate surface area is 116 Å². The smallest absolute Gasteiger partial charge is 0.348 e. The van der Waals surface area contributed by atoms with Crippen LogP contribution in [0, 0.1) is 10.1 Å². The maximum Gasteiger partial charge on any atom is 0.348 e. The molecule has 8 heteroatoms. The number of aromatic nitrogens is 2. The third-order valence-corrected chi connectivity index (χ3v) is 2.68. The van der Waals surface area contributed by atoms with Crippen molar-refractivity contribution in [1.82, 2.24) is 9.97 Å². The van der Waals surface area contributed by atoms with E-state index in [2.05, 4.69) is 22.2 Å². The van der Waals surface area contributed by atoms with E-state index in [0.717, 1.165) is 19.3 Å². The summed E-state index contributed by atoms with van der Waals surface area (Å²) < 4.78 is 4.90. The van der Waals surface area contributed by atoms with Gasteiger partial charge in [0.25, 0.3) is 0 Å². The number of nitro groups is 1. The molecule has 0 atom stereocenters. The molecule has 0 spiro atoms. The first kappa shape index (κ1) is 15.6. The zero-order valence-corrected chi connectivity index (χ0v) is 11.7. The molecule has 1 heterocycles. The number of nitrogens with zero attached hydrogens (tertiary/aromatic N) is 3. The van der Waals surface area contributed by atoms with Crippen LogP contribution in [0.25, 0.3) is 0 Å². The second-order valence-electron chi connectivity index (χ2n) is 3.95. The number of nitrogens with one attached hydrogen (secondary N) is 1. The van der Waals surface area contributed by atoms with Crippen LogP contribution in [-0.4, -0.2) is 28.5 Å². The molecular weight excluding hydrogens is 272 g/mol. The molecule has 0 saturated carbocycles. The zero-order chi connectivity index (χ0) is 14.3. The van der Waals surface area contributed by atoms with Crippen molar-refractivity contribution in [3.8, 4) is 0 Å². The molecule has 0 aliphatic rings. The summed E-state index contributed by atoms with van der Waals surface area (Å²) >= 11 is 5.82. The van der Waals surface area contributed by atoms with Crippen LogP contribution < -0.4 is 5.32 Å². The fourth-order valence-corrected chi connectivity index (χ4v) is 1.79. The molecule has 1 rings (SSSR count). The van der Waals surface area contributed by atoms with Gasteiger partial charge in [-0.1, -0.05) is 31.4 Å². The summed E-state index contributed by atoms with van der Waals surface area (Å²) in [6.45, 7) is 2.84. The Morgan fingerprint density at radius 3 is 2.74 bits per heavy atom. The summed E-state index contributed by atoms with van der Waals surface area (Å²) in [4.78, 5) is 18.3. The number of halogens is 1. The van der Waals surface area contributed by atoms with Crippen LogP contribution in [0.3, 0.4) is 0 Å². The van der Waals surface area contributed by atoms with Crippen LogP contribution in [-0.2, 0) is 11.3 Å². The van der Waals surface area contributed by atoms with Crippen molar-refractivity contribution < 1.29 is 9.66 Å². The van der Waals surface area contributed by atoms with Crippen LogP contribution in [0.2, 0.25) is 5.15 Å². The molecule has 1 aromatic heterocycles. The first-order valence-electron chi connectivity index (χ1n) is 6.03. The Morgan fingerprint density at radius 2 is 2.16 bits per heavy atom. The molecule has 0 amide bonds. The van der Waals surface area contributed by atoms with Crippen molar-refractivity contribution >= 4 is 23.1 Å². The highest BCUT2D eigenvalue weighted by molar-refractivity contribution is 6.31. The lowest BCUT2D eigenvalue weighted by Crippen LogP contribution is -2.10. The van der Waals surface area contributed by atoms with E-state index in [1.165, 1.54) is 7.11 Å². The first-order chi connectivity index (χ1) is 9.10. The number of hydrogen-bond donors (Lipinski definition) is 1. The van der Waals surface area contributed by atoms with Gasteiger partial charge >= 0.3 is 5.69 Å². The molecule has 0 aliphatic heterocycles. The zero-order valence-electron chi connectivity index (χ0n) is 11.0. The maximum atomic E-state index is 11.0. The van der Waals surface area contributed by atoms with Gasteiger partial charge in [-0.3, -0.25) is 10.1 Å². The monoisotopic (exact) mass is 288 g/mol. The van der Waals surface area contributed by atoms with E-state index in [-0.39, 0.29) is 23.3 Å². The van der Waals surface area contributed by atoms with E-state index in [1.807, 2.05) is 0 Å². The highest BCUT2D eigenvalue weighted by atomic mass is 35.5. The molecule has 0 aromatic carbocycles. The second kappa shape index (κ2) is 7.85. The van der Waals surface area contributed by atoms with Crippen LogP contribution >= 0.6 is 11.6 Å². The van der Waals surface area contributed by atoms with Gasteiger partial charge in [0.1, 0.15) is 6.61 Å². The summed E-state index contributed by atoms with van der Waals surface area (Å²) in [7, 11) is 1.49. The number of unbranched alkanes of at least 4 members (excludes halogenated alkanes) is 2. The molecule has 0 fully saturated rings. The van der Waals surface area contributed by atoms with Gasteiger partial charge in [-0.25, -0.2) is 9.97 Å². The Morgan fingerprint density at radius 1 is 1.42 bits per heavy atom. The van der Waals surface area contributed by atoms with Gasteiger partial charge in [0, 0.05) is 13.7 Å². The summed E-state index contributed by atoms with van der Waals surface area (Å²) in [5.74, 6) is 0.462. The number of rotatable bonds is 8. The van der Waals surface area contributed by atoms with Crippen LogP contribution in [0.5, 0.6) is 0 Å².